The Hall–Kier alpha value is -1.37. The summed E-state index contributed by atoms with van der Waals surface area (Å²) in [6, 6.07) is 13.2. The highest BCUT2D eigenvalue weighted by molar-refractivity contribution is 7.04. The second-order valence-electron chi connectivity index (χ2n) is 12.1. The molecule has 0 atom stereocenters. The van der Waals surface area contributed by atoms with Crippen molar-refractivity contribution in [1.29, 1.82) is 0 Å². The van der Waals surface area contributed by atoms with Gasteiger partial charge in [-0.05, 0) is 82.4 Å². The molecule has 0 unspecified atom stereocenters. The molecule has 2 heterocycles. The predicted octanol–water partition coefficient (Wildman–Crippen LogP) is 2.60. The quantitative estimate of drug-likeness (QED) is 0.693. The topological polar surface area (TPSA) is 47.9 Å². The van der Waals surface area contributed by atoms with Crippen molar-refractivity contribution in [2.75, 3.05) is 0 Å². The second-order valence-corrected chi connectivity index (χ2v) is 16.5. The van der Waals surface area contributed by atoms with E-state index < -0.39 is 19.3 Å². The van der Waals surface area contributed by atoms with Crippen LogP contribution in [-0.2, 0) is 14.0 Å². The van der Waals surface area contributed by atoms with Crippen molar-refractivity contribution < 1.29 is 19.1 Å². The van der Waals surface area contributed by atoms with Crippen LogP contribution in [0.15, 0.2) is 36.4 Å². The maximum Gasteiger partial charge on any atom is 0.494 e. The molecule has 175 valence electrons. The summed E-state index contributed by atoms with van der Waals surface area (Å²) in [7, 11) is -0.487. The highest BCUT2D eigenvalue weighted by atomic mass is 28.3. The van der Waals surface area contributed by atoms with E-state index in [-0.39, 0.29) is 18.3 Å². The molecule has 1 radical (unpaired) electrons. The van der Waals surface area contributed by atoms with Crippen LogP contribution in [0.5, 0.6) is 0 Å². The van der Waals surface area contributed by atoms with E-state index in [1.165, 1.54) is 21.5 Å². The summed E-state index contributed by atoms with van der Waals surface area (Å²) in [5, 5.41) is 13.2. The van der Waals surface area contributed by atoms with Gasteiger partial charge >= 0.3 is 14.6 Å². The van der Waals surface area contributed by atoms with E-state index in [0.717, 1.165) is 10.9 Å². The van der Waals surface area contributed by atoms with Crippen LogP contribution in [0, 0.1) is 0 Å². The molecule has 4 rings (SSSR count). The van der Waals surface area contributed by atoms with Gasteiger partial charge in [-0.3, -0.25) is 0 Å². The Kier molecular flexibility index (Phi) is 5.67. The van der Waals surface area contributed by atoms with Gasteiger partial charge in [-0.15, -0.1) is 0 Å². The van der Waals surface area contributed by atoms with E-state index in [1.54, 1.807) is 21.3 Å². The van der Waals surface area contributed by atoms with Crippen molar-refractivity contribution >= 4 is 44.0 Å². The molecule has 0 aliphatic carbocycles. The summed E-state index contributed by atoms with van der Waals surface area (Å²) in [4.78, 5) is 0. The van der Waals surface area contributed by atoms with Crippen LogP contribution in [0.3, 0.4) is 0 Å². The highest BCUT2D eigenvalue weighted by Gasteiger charge is 2.52. The lowest BCUT2D eigenvalue weighted by Crippen LogP contribution is -2.52. The number of fused-ring (bicyclic) bond motifs is 3. The molecule has 4 nitrogen and oxygen atoms in total. The summed E-state index contributed by atoms with van der Waals surface area (Å²) < 4.78 is 18.7. The van der Waals surface area contributed by atoms with E-state index in [0.29, 0.717) is 0 Å². The number of hydrogen-bond donors (Lipinski definition) is 1. The normalized spacial score (nSPS) is 20.5. The second kappa shape index (κ2) is 7.56. The standard InChI is InChI=1S/C26H37B2O4Si/c1-23(2,29)24(3,4)30-27-17-11-13-19-20-14-12-18(16-22(20)33(9,10)21(19)15-17)28-31-25(5,6)26(7,8)32-28/h11-16,29H,1-10H3. The predicted molar refractivity (Wildman–Crippen MR) is 141 cm³/mol. The molecule has 1 N–H and O–H groups in total. The first-order chi connectivity index (χ1) is 15.0. The van der Waals surface area contributed by atoms with Gasteiger partial charge in [0.25, 0.3) is 0 Å². The Morgan fingerprint density at radius 2 is 1.39 bits per heavy atom. The number of aliphatic hydroxyl groups is 1. The van der Waals surface area contributed by atoms with Gasteiger partial charge < -0.3 is 19.1 Å². The molecule has 2 aliphatic rings. The minimum atomic E-state index is -1.91. The average Bonchev–Trinajstić information content (AvgIpc) is 3.05. The zero-order valence-corrected chi connectivity index (χ0v) is 22.8. The van der Waals surface area contributed by atoms with Gasteiger partial charge in [-0.1, -0.05) is 55.0 Å². The molecule has 7 heteroatoms. The molecule has 2 aliphatic heterocycles. The van der Waals surface area contributed by atoms with E-state index in [2.05, 4.69) is 77.2 Å². The first-order valence-electron chi connectivity index (χ1n) is 11.8. The van der Waals surface area contributed by atoms with Crippen molar-refractivity contribution in [3.63, 3.8) is 0 Å². The third-order valence-corrected chi connectivity index (χ3v) is 11.7. The molecule has 0 saturated carbocycles. The lowest BCUT2D eigenvalue weighted by Gasteiger charge is -2.37. The summed E-state index contributed by atoms with van der Waals surface area (Å²) in [6.07, 6.45) is 0. The van der Waals surface area contributed by atoms with Crippen LogP contribution in [0.2, 0.25) is 13.1 Å². The summed E-state index contributed by atoms with van der Waals surface area (Å²) >= 11 is 0. The molecule has 0 aromatic heterocycles. The van der Waals surface area contributed by atoms with Crippen LogP contribution in [0.1, 0.15) is 55.4 Å². The van der Waals surface area contributed by atoms with E-state index in [4.69, 9.17) is 14.0 Å². The molecule has 1 saturated heterocycles. The Morgan fingerprint density at radius 3 is 1.94 bits per heavy atom. The Balaban J connectivity index is 1.63. The van der Waals surface area contributed by atoms with Crippen molar-refractivity contribution in [2.45, 2.75) is 90.9 Å². The molecule has 0 bridgehead atoms. The average molecular weight is 463 g/mol. The van der Waals surface area contributed by atoms with Crippen molar-refractivity contribution in [1.82, 2.24) is 0 Å². The zero-order valence-electron chi connectivity index (χ0n) is 21.8. The molecule has 0 amide bonds. The third-order valence-electron chi connectivity index (χ3n) is 8.21. The van der Waals surface area contributed by atoms with E-state index in [1.807, 2.05) is 13.8 Å². The van der Waals surface area contributed by atoms with Crippen LogP contribution < -0.4 is 21.3 Å². The van der Waals surface area contributed by atoms with E-state index in [9.17, 15) is 5.11 Å². The van der Waals surface area contributed by atoms with E-state index >= 15 is 0 Å². The fraction of sp³-hybridized carbons (Fsp3) is 0.538. The van der Waals surface area contributed by atoms with Gasteiger partial charge in [0.05, 0.1) is 22.4 Å². The Bertz CT molecular complexity index is 1070. The summed E-state index contributed by atoms with van der Waals surface area (Å²) in [6.45, 7) is 20.5. The van der Waals surface area contributed by atoms with Gasteiger partial charge in [0.1, 0.15) is 8.07 Å². The van der Waals surface area contributed by atoms with Crippen molar-refractivity contribution in [3.8, 4) is 11.1 Å². The monoisotopic (exact) mass is 463 g/mol. The van der Waals surface area contributed by atoms with Crippen molar-refractivity contribution in [2.24, 2.45) is 0 Å². The molecule has 0 spiro atoms. The number of hydrogen-bond acceptors (Lipinski definition) is 4. The minimum Gasteiger partial charge on any atom is -0.427 e. The first kappa shape index (κ1) is 24.7. The molecular weight excluding hydrogens is 426 g/mol. The lowest BCUT2D eigenvalue weighted by atomic mass is 9.78. The first-order valence-corrected chi connectivity index (χ1v) is 14.8. The molecule has 33 heavy (non-hydrogen) atoms. The maximum atomic E-state index is 10.4. The summed E-state index contributed by atoms with van der Waals surface area (Å²) in [5.41, 5.74) is 2.37. The number of benzene rings is 2. The molecular formula is C26H37B2O4Si. The Labute approximate surface area is 201 Å². The highest BCUT2D eigenvalue weighted by Crippen LogP contribution is 2.37. The van der Waals surface area contributed by atoms with Crippen LogP contribution in [0.4, 0.5) is 0 Å². The molecule has 2 aromatic rings. The maximum absolute atomic E-state index is 10.4. The minimum absolute atomic E-state index is 0.352. The van der Waals surface area contributed by atoms with Gasteiger partial charge in [0, 0.05) is 0 Å². The molecule has 1 fully saturated rings. The van der Waals surface area contributed by atoms with Gasteiger partial charge in [0.2, 0.25) is 0 Å². The molecule has 2 aromatic carbocycles. The smallest absolute Gasteiger partial charge is 0.427 e. The zero-order chi connectivity index (χ0) is 24.6. The van der Waals surface area contributed by atoms with Gasteiger partial charge in [0.15, 0.2) is 0 Å². The van der Waals surface area contributed by atoms with Crippen LogP contribution in [-0.4, -0.2) is 50.2 Å². The fourth-order valence-corrected chi connectivity index (χ4v) is 7.46. The van der Waals surface area contributed by atoms with Crippen LogP contribution in [0.25, 0.3) is 11.1 Å². The third kappa shape index (κ3) is 4.06. The summed E-state index contributed by atoms with van der Waals surface area (Å²) in [5.74, 6) is 0. The van der Waals surface area contributed by atoms with Gasteiger partial charge in [-0.25, -0.2) is 0 Å². The SMILES string of the molecule is CC(C)(O)C(C)(C)O[B]c1ccc2c(c1)[Si](C)(C)c1cc(B3OC(C)(C)C(C)(C)O3)ccc1-2. The van der Waals surface area contributed by atoms with Crippen molar-refractivity contribution in [3.05, 3.63) is 36.4 Å². The lowest BCUT2D eigenvalue weighted by molar-refractivity contribution is -0.0893. The largest absolute Gasteiger partial charge is 0.494 e. The Morgan fingerprint density at radius 1 is 0.879 bits per heavy atom. The van der Waals surface area contributed by atoms with Crippen LogP contribution >= 0.6 is 0 Å². The van der Waals surface area contributed by atoms with Gasteiger partial charge in [-0.2, -0.15) is 0 Å². The number of rotatable bonds is 5. The fourth-order valence-electron chi connectivity index (χ4n) is 4.33.